The predicted molar refractivity (Wildman–Crippen MR) is 86.5 cm³/mol. The number of nitrogens with one attached hydrogen (secondary N) is 1. The Hall–Kier alpha value is -2.88. The highest BCUT2D eigenvalue weighted by atomic mass is 19.4. The lowest BCUT2D eigenvalue weighted by atomic mass is 9.93. The first kappa shape index (κ1) is 18.9. The van der Waals surface area contributed by atoms with Gasteiger partial charge >= 0.3 is 12.1 Å². The van der Waals surface area contributed by atoms with Gasteiger partial charge in [-0.3, -0.25) is 9.59 Å². The number of rotatable bonds is 5. The quantitative estimate of drug-likeness (QED) is 0.826. The topological polar surface area (TPSA) is 93.5 Å². The molecule has 1 amide bonds. The van der Waals surface area contributed by atoms with E-state index in [1.165, 1.54) is 24.3 Å². The number of carboxylic acid groups (broad SMARTS) is 1. The number of alkyl halides is 3. The lowest BCUT2D eigenvalue weighted by Crippen LogP contribution is -2.50. The molecule has 10 heteroatoms. The monoisotopic (exact) mass is 383 g/mol. The fourth-order valence-corrected chi connectivity index (χ4v) is 2.90. The Morgan fingerprint density at radius 1 is 1.33 bits per heavy atom. The minimum atomic E-state index is -4.56. The third-order valence-corrected chi connectivity index (χ3v) is 4.22. The van der Waals surface area contributed by atoms with Crippen molar-refractivity contribution in [3.05, 3.63) is 47.8 Å². The second-order valence-electron chi connectivity index (χ2n) is 6.30. The summed E-state index contributed by atoms with van der Waals surface area (Å²) in [6.45, 7) is 0.417. The van der Waals surface area contributed by atoms with Gasteiger partial charge in [-0.15, -0.1) is 0 Å². The molecule has 1 fully saturated rings. The van der Waals surface area contributed by atoms with Crippen molar-refractivity contribution in [1.29, 1.82) is 0 Å². The van der Waals surface area contributed by atoms with Gasteiger partial charge in [0.15, 0.2) is 5.69 Å². The number of halogens is 3. The number of aliphatic carboxylic acids is 1. The molecule has 2 heterocycles. The Morgan fingerprint density at radius 3 is 2.70 bits per heavy atom. The van der Waals surface area contributed by atoms with Crippen molar-refractivity contribution in [2.24, 2.45) is 0 Å². The normalized spacial score (nSPS) is 19.8. The molecule has 1 aromatic carbocycles. The smallest absolute Gasteiger partial charge is 0.435 e. The van der Waals surface area contributed by atoms with Crippen LogP contribution in [0.2, 0.25) is 0 Å². The lowest BCUT2D eigenvalue weighted by Gasteiger charge is -2.27. The molecule has 3 rings (SSSR count). The Morgan fingerprint density at radius 2 is 2.11 bits per heavy atom. The third kappa shape index (κ3) is 4.27. The van der Waals surface area contributed by atoms with E-state index >= 15 is 0 Å². The second-order valence-corrected chi connectivity index (χ2v) is 6.30. The summed E-state index contributed by atoms with van der Waals surface area (Å²) in [5.74, 6) is -1.60. The molecule has 27 heavy (non-hydrogen) atoms. The number of carbonyl (C=O) groups is 2. The van der Waals surface area contributed by atoms with E-state index in [0.29, 0.717) is 13.0 Å². The number of hydrogen-bond acceptors (Lipinski definition) is 4. The average molecular weight is 383 g/mol. The van der Waals surface area contributed by atoms with Gasteiger partial charge < -0.3 is 15.2 Å². The second kappa shape index (κ2) is 7.03. The summed E-state index contributed by atoms with van der Waals surface area (Å²) in [5.41, 5.74) is -1.60. The number of ether oxygens (including phenoxy) is 1. The standard InChI is InChI=1S/C17H16F3N3O4/c18-17(19,20)13-4-6-23(22-13)12-3-1-2-11(8-12)15(26)21-16(9-14(24)25)5-7-27-10-16/h1-4,6,8H,5,7,9-10H2,(H,21,26)(H,24,25). The highest BCUT2D eigenvalue weighted by Gasteiger charge is 2.39. The van der Waals surface area contributed by atoms with E-state index in [1.54, 1.807) is 0 Å². The molecule has 0 radical (unpaired) electrons. The minimum absolute atomic E-state index is 0.0822. The lowest BCUT2D eigenvalue weighted by molar-refractivity contribution is -0.141. The van der Waals surface area contributed by atoms with Gasteiger partial charge in [-0.25, -0.2) is 4.68 Å². The minimum Gasteiger partial charge on any atom is -0.481 e. The Kier molecular flexibility index (Phi) is 4.92. The molecule has 0 spiro atoms. The summed E-state index contributed by atoms with van der Waals surface area (Å²) in [6.07, 6.45) is -3.34. The Labute approximate surface area is 151 Å². The van der Waals surface area contributed by atoms with Crippen LogP contribution >= 0.6 is 0 Å². The molecule has 1 saturated heterocycles. The average Bonchev–Trinajstić information content (AvgIpc) is 3.24. The van der Waals surface area contributed by atoms with Crippen LogP contribution in [0.15, 0.2) is 36.5 Å². The van der Waals surface area contributed by atoms with Gasteiger partial charge in [0.05, 0.1) is 24.3 Å². The summed E-state index contributed by atoms with van der Waals surface area (Å²) < 4.78 is 44.3. The summed E-state index contributed by atoms with van der Waals surface area (Å²) in [7, 11) is 0. The molecule has 0 bridgehead atoms. The molecule has 2 N–H and O–H groups in total. The van der Waals surface area contributed by atoms with Crippen LogP contribution in [0.1, 0.15) is 28.9 Å². The Bertz CT molecular complexity index is 857. The van der Waals surface area contributed by atoms with E-state index in [0.717, 1.165) is 16.9 Å². The fraction of sp³-hybridized carbons (Fsp3) is 0.353. The van der Waals surface area contributed by atoms with Crippen molar-refractivity contribution in [3.8, 4) is 5.69 Å². The summed E-state index contributed by atoms with van der Waals surface area (Å²) >= 11 is 0. The molecule has 2 aromatic rings. The van der Waals surface area contributed by atoms with Crippen molar-refractivity contribution >= 4 is 11.9 Å². The van der Waals surface area contributed by atoms with Crippen molar-refractivity contribution in [2.75, 3.05) is 13.2 Å². The van der Waals surface area contributed by atoms with Crippen LogP contribution in [0.25, 0.3) is 5.69 Å². The largest absolute Gasteiger partial charge is 0.481 e. The third-order valence-electron chi connectivity index (χ3n) is 4.22. The van der Waals surface area contributed by atoms with Crippen LogP contribution in [-0.4, -0.2) is 45.5 Å². The first-order chi connectivity index (χ1) is 12.7. The molecule has 144 valence electrons. The van der Waals surface area contributed by atoms with Crippen LogP contribution in [0.5, 0.6) is 0 Å². The summed E-state index contributed by atoms with van der Waals surface area (Å²) in [4.78, 5) is 23.7. The highest BCUT2D eigenvalue weighted by molar-refractivity contribution is 5.95. The molecule has 1 unspecified atom stereocenters. The maximum absolute atomic E-state index is 12.7. The van der Waals surface area contributed by atoms with E-state index in [4.69, 9.17) is 9.84 Å². The van der Waals surface area contributed by atoms with Crippen molar-refractivity contribution in [1.82, 2.24) is 15.1 Å². The van der Waals surface area contributed by atoms with E-state index in [1.807, 2.05) is 0 Å². The summed E-state index contributed by atoms with van der Waals surface area (Å²) in [6, 6.07) is 6.72. The van der Waals surface area contributed by atoms with E-state index in [-0.39, 0.29) is 24.3 Å². The molecule has 1 aliphatic heterocycles. The highest BCUT2D eigenvalue weighted by Crippen LogP contribution is 2.28. The van der Waals surface area contributed by atoms with Crippen molar-refractivity contribution < 1.29 is 32.6 Å². The number of hydrogen-bond donors (Lipinski definition) is 2. The predicted octanol–water partition coefficient (Wildman–Crippen LogP) is 2.25. The maximum atomic E-state index is 12.7. The molecular formula is C17H16F3N3O4. The zero-order chi connectivity index (χ0) is 19.7. The number of aromatic nitrogens is 2. The van der Waals surface area contributed by atoms with Crippen molar-refractivity contribution in [3.63, 3.8) is 0 Å². The fourth-order valence-electron chi connectivity index (χ4n) is 2.90. The first-order valence-electron chi connectivity index (χ1n) is 8.04. The molecule has 0 saturated carbocycles. The van der Waals surface area contributed by atoms with Crippen LogP contribution in [-0.2, 0) is 15.7 Å². The van der Waals surface area contributed by atoms with Crippen LogP contribution in [0.4, 0.5) is 13.2 Å². The van der Waals surface area contributed by atoms with Gasteiger partial charge in [0.2, 0.25) is 0 Å². The van der Waals surface area contributed by atoms with Crippen molar-refractivity contribution in [2.45, 2.75) is 24.6 Å². The van der Waals surface area contributed by atoms with Gasteiger partial charge in [0.25, 0.3) is 5.91 Å². The van der Waals surface area contributed by atoms with Gasteiger partial charge in [-0.05, 0) is 30.7 Å². The molecule has 1 aromatic heterocycles. The molecule has 1 aliphatic rings. The zero-order valence-electron chi connectivity index (χ0n) is 14.0. The first-order valence-corrected chi connectivity index (χ1v) is 8.04. The SMILES string of the molecule is O=C(O)CC1(NC(=O)c2cccc(-n3ccc(C(F)(F)F)n3)c2)CCOC1. The van der Waals surface area contributed by atoms with Crippen LogP contribution < -0.4 is 5.32 Å². The molecule has 7 nitrogen and oxygen atoms in total. The maximum Gasteiger partial charge on any atom is 0.435 e. The number of benzene rings is 1. The number of nitrogens with zero attached hydrogens (tertiary/aromatic N) is 2. The summed E-state index contributed by atoms with van der Waals surface area (Å²) in [5, 5.41) is 15.2. The zero-order valence-corrected chi connectivity index (χ0v) is 14.0. The van der Waals surface area contributed by atoms with Crippen LogP contribution in [0, 0.1) is 0 Å². The van der Waals surface area contributed by atoms with E-state index in [9.17, 15) is 22.8 Å². The Balaban J connectivity index is 1.81. The van der Waals surface area contributed by atoms with Gasteiger partial charge in [-0.1, -0.05) is 6.07 Å². The van der Waals surface area contributed by atoms with E-state index in [2.05, 4.69) is 10.4 Å². The number of carboxylic acids is 1. The number of amides is 1. The van der Waals surface area contributed by atoms with Gasteiger partial charge in [-0.2, -0.15) is 18.3 Å². The van der Waals surface area contributed by atoms with E-state index < -0.39 is 29.3 Å². The molecule has 1 atom stereocenters. The van der Waals surface area contributed by atoms with Gasteiger partial charge in [0, 0.05) is 18.4 Å². The number of carbonyl (C=O) groups excluding carboxylic acids is 1. The molecular weight excluding hydrogens is 367 g/mol. The van der Waals surface area contributed by atoms with Gasteiger partial charge in [0.1, 0.15) is 0 Å². The molecule has 0 aliphatic carbocycles. The van der Waals surface area contributed by atoms with Crippen LogP contribution in [0.3, 0.4) is 0 Å².